The molecule has 2 amide bonds. The minimum atomic E-state index is -0.244. The molecule has 1 aromatic rings. The monoisotopic (exact) mass is 252 g/mol. The number of ether oxygens (including phenoxy) is 1. The highest BCUT2D eigenvalue weighted by Crippen LogP contribution is 2.30. The summed E-state index contributed by atoms with van der Waals surface area (Å²) in [7, 11) is 1.52. The number of nitrogens with zero attached hydrogens (tertiary/aromatic N) is 1. The number of hydrogen-bond acceptors (Lipinski definition) is 5. The lowest BCUT2D eigenvalue weighted by Crippen LogP contribution is -2.43. The van der Waals surface area contributed by atoms with Crippen LogP contribution in [0.3, 0.4) is 0 Å². The van der Waals surface area contributed by atoms with Crippen LogP contribution in [0, 0.1) is 0 Å². The fourth-order valence-electron chi connectivity index (χ4n) is 1.61. The van der Waals surface area contributed by atoms with Gasteiger partial charge in [0, 0.05) is 6.07 Å². The molecule has 1 aliphatic heterocycles. The zero-order chi connectivity index (χ0) is 12.4. The highest BCUT2D eigenvalue weighted by atomic mass is 32.2. The fourth-order valence-corrected chi connectivity index (χ4v) is 2.32. The summed E-state index contributed by atoms with van der Waals surface area (Å²) in [6.45, 7) is 0. The van der Waals surface area contributed by atoms with Gasteiger partial charge in [0.05, 0.1) is 30.0 Å². The van der Waals surface area contributed by atoms with E-state index in [2.05, 4.69) is 0 Å². The second-order valence-electron chi connectivity index (χ2n) is 3.54. The van der Waals surface area contributed by atoms with Crippen molar-refractivity contribution in [1.29, 1.82) is 0 Å². The van der Waals surface area contributed by atoms with Crippen LogP contribution in [-0.2, 0) is 9.59 Å². The molecule has 2 N–H and O–H groups in total. The van der Waals surface area contributed by atoms with Crippen LogP contribution in [0.25, 0.3) is 0 Å². The lowest BCUT2D eigenvalue weighted by molar-refractivity contribution is -0.124. The van der Waals surface area contributed by atoms with Crippen LogP contribution in [0.5, 0.6) is 5.75 Å². The Bertz CT molecular complexity index is 460. The van der Waals surface area contributed by atoms with E-state index in [1.165, 1.54) is 18.9 Å². The van der Waals surface area contributed by atoms with Crippen molar-refractivity contribution in [2.75, 3.05) is 29.2 Å². The normalized spacial score (nSPS) is 16.2. The molecule has 90 valence electrons. The molecule has 0 radical (unpaired) electrons. The molecule has 0 saturated carbocycles. The van der Waals surface area contributed by atoms with Crippen LogP contribution in [0.2, 0.25) is 0 Å². The van der Waals surface area contributed by atoms with Crippen molar-refractivity contribution in [3.8, 4) is 5.75 Å². The Morgan fingerprint density at radius 1 is 1.29 bits per heavy atom. The second-order valence-corrected chi connectivity index (χ2v) is 4.53. The third-order valence-electron chi connectivity index (χ3n) is 2.43. The summed E-state index contributed by atoms with van der Waals surface area (Å²) in [5.41, 5.74) is 6.58. The number of imide groups is 1. The number of carbonyl (C=O) groups is 2. The number of nitrogens with two attached hydrogens (primary N) is 1. The molecule has 6 heteroatoms. The Labute approximate surface area is 103 Å². The van der Waals surface area contributed by atoms with E-state index in [0.717, 1.165) is 4.90 Å². The lowest BCUT2D eigenvalue weighted by Gasteiger charge is -2.25. The Kier molecular flexibility index (Phi) is 3.23. The van der Waals surface area contributed by atoms with Crippen LogP contribution in [0.1, 0.15) is 0 Å². The quantitative estimate of drug-likeness (QED) is 0.625. The maximum Gasteiger partial charge on any atom is 0.243 e. The molecule has 0 spiro atoms. The van der Waals surface area contributed by atoms with E-state index < -0.39 is 0 Å². The smallest absolute Gasteiger partial charge is 0.243 e. The minimum Gasteiger partial charge on any atom is -0.497 e. The van der Waals surface area contributed by atoms with Crippen molar-refractivity contribution < 1.29 is 14.3 Å². The van der Waals surface area contributed by atoms with Crippen LogP contribution < -0.4 is 15.4 Å². The maximum absolute atomic E-state index is 11.7. The number of benzene rings is 1. The Morgan fingerprint density at radius 3 is 2.53 bits per heavy atom. The molecule has 2 rings (SSSR count). The Hall–Kier alpha value is -1.69. The molecule has 1 fully saturated rings. The van der Waals surface area contributed by atoms with Crippen molar-refractivity contribution in [3.63, 3.8) is 0 Å². The molecule has 1 aromatic carbocycles. The summed E-state index contributed by atoms with van der Waals surface area (Å²) in [4.78, 5) is 24.6. The van der Waals surface area contributed by atoms with Crippen molar-refractivity contribution in [2.24, 2.45) is 0 Å². The zero-order valence-corrected chi connectivity index (χ0v) is 10.1. The van der Waals surface area contributed by atoms with E-state index >= 15 is 0 Å². The molecule has 0 aliphatic carbocycles. The number of methoxy groups -OCH3 is 1. The van der Waals surface area contributed by atoms with Gasteiger partial charge in [-0.05, 0) is 12.1 Å². The van der Waals surface area contributed by atoms with E-state index in [1.54, 1.807) is 18.2 Å². The van der Waals surface area contributed by atoms with Gasteiger partial charge in [-0.15, -0.1) is 11.8 Å². The topological polar surface area (TPSA) is 72.6 Å². The highest BCUT2D eigenvalue weighted by Gasteiger charge is 2.29. The SMILES string of the molecule is COc1ccc(N)c(N2C(=O)CSCC2=O)c1. The maximum atomic E-state index is 11.7. The molecule has 17 heavy (non-hydrogen) atoms. The Morgan fingerprint density at radius 2 is 1.94 bits per heavy atom. The second kappa shape index (κ2) is 4.67. The van der Waals surface area contributed by atoms with Crippen LogP contribution in [-0.4, -0.2) is 30.4 Å². The van der Waals surface area contributed by atoms with Gasteiger partial charge < -0.3 is 10.5 Å². The van der Waals surface area contributed by atoms with Crippen molar-refractivity contribution >= 4 is 35.0 Å². The van der Waals surface area contributed by atoms with Crippen LogP contribution in [0.15, 0.2) is 18.2 Å². The highest BCUT2D eigenvalue weighted by molar-refractivity contribution is 8.00. The molecule has 0 atom stereocenters. The first-order valence-electron chi connectivity index (χ1n) is 5.00. The molecule has 1 saturated heterocycles. The van der Waals surface area contributed by atoms with E-state index in [0.29, 0.717) is 28.6 Å². The average Bonchev–Trinajstić information content (AvgIpc) is 2.31. The van der Waals surface area contributed by atoms with Crippen molar-refractivity contribution in [1.82, 2.24) is 0 Å². The van der Waals surface area contributed by atoms with Gasteiger partial charge in [0.1, 0.15) is 5.75 Å². The van der Waals surface area contributed by atoms with Gasteiger partial charge in [-0.2, -0.15) is 0 Å². The predicted molar refractivity (Wildman–Crippen MR) is 67.2 cm³/mol. The molecular weight excluding hydrogens is 240 g/mol. The molecule has 1 aliphatic rings. The summed E-state index contributed by atoms with van der Waals surface area (Å²) >= 11 is 1.31. The number of nitrogen functional groups attached to an aromatic ring is 1. The largest absolute Gasteiger partial charge is 0.497 e. The van der Waals surface area contributed by atoms with Gasteiger partial charge in [-0.3, -0.25) is 9.59 Å². The van der Waals surface area contributed by atoms with Gasteiger partial charge in [-0.1, -0.05) is 0 Å². The zero-order valence-electron chi connectivity index (χ0n) is 9.30. The Balaban J connectivity index is 2.43. The predicted octanol–water partition coefficient (Wildman–Crippen LogP) is 0.884. The summed E-state index contributed by atoms with van der Waals surface area (Å²) < 4.78 is 5.06. The third kappa shape index (κ3) is 2.21. The first kappa shape index (κ1) is 11.8. The number of hydrogen-bond donors (Lipinski definition) is 1. The summed E-state index contributed by atoms with van der Waals surface area (Å²) in [5.74, 6) is 0.663. The molecular formula is C11H12N2O3S. The molecule has 0 bridgehead atoms. The minimum absolute atomic E-state index is 0.244. The number of carbonyl (C=O) groups excluding carboxylic acids is 2. The lowest BCUT2D eigenvalue weighted by atomic mass is 10.2. The third-order valence-corrected chi connectivity index (χ3v) is 3.33. The first-order valence-corrected chi connectivity index (χ1v) is 6.16. The molecule has 0 aromatic heterocycles. The summed E-state index contributed by atoms with van der Waals surface area (Å²) in [6, 6.07) is 4.91. The average molecular weight is 252 g/mol. The van der Waals surface area contributed by atoms with E-state index in [4.69, 9.17) is 10.5 Å². The van der Waals surface area contributed by atoms with Crippen LogP contribution >= 0.6 is 11.8 Å². The van der Waals surface area contributed by atoms with E-state index in [-0.39, 0.29) is 11.8 Å². The number of anilines is 2. The van der Waals surface area contributed by atoms with Gasteiger partial charge in [0.2, 0.25) is 11.8 Å². The van der Waals surface area contributed by atoms with Gasteiger partial charge in [0.25, 0.3) is 0 Å². The summed E-state index contributed by atoms with van der Waals surface area (Å²) in [6.07, 6.45) is 0. The van der Waals surface area contributed by atoms with Crippen molar-refractivity contribution in [2.45, 2.75) is 0 Å². The van der Waals surface area contributed by atoms with E-state index in [9.17, 15) is 9.59 Å². The number of rotatable bonds is 2. The van der Waals surface area contributed by atoms with Gasteiger partial charge in [0.15, 0.2) is 0 Å². The van der Waals surface area contributed by atoms with Gasteiger partial charge >= 0.3 is 0 Å². The van der Waals surface area contributed by atoms with Crippen LogP contribution in [0.4, 0.5) is 11.4 Å². The molecule has 1 heterocycles. The molecule has 5 nitrogen and oxygen atoms in total. The van der Waals surface area contributed by atoms with E-state index in [1.807, 2.05) is 0 Å². The van der Waals surface area contributed by atoms with Gasteiger partial charge in [-0.25, -0.2) is 4.90 Å². The number of thioether (sulfide) groups is 1. The first-order chi connectivity index (χ1) is 8.13. The molecule has 0 unspecified atom stereocenters. The standard InChI is InChI=1S/C11H12N2O3S/c1-16-7-2-3-8(12)9(4-7)13-10(14)5-17-6-11(13)15/h2-4H,5-6,12H2,1H3. The summed E-state index contributed by atoms with van der Waals surface area (Å²) in [5, 5.41) is 0. The van der Waals surface area contributed by atoms with Crippen molar-refractivity contribution in [3.05, 3.63) is 18.2 Å². The number of amides is 2. The fraction of sp³-hybridized carbons (Fsp3) is 0.273.